The smallest absolute Gasteiger partial charge is 0.109 e. The number of unbranched alkanes of at least 4 members (excludes halogenated alkanes) is 1. The molecule has 0 aliphatic carbocycles. The molecule has 0 aromatic carbocycles. The zero-order valence-corrected chi connectivity index (χ0v) is 10.4. The molecule has 1 aromatic heterocycles. The van der Waals surface area contributed by atoms with Gasteiger partial charge in [-0.2, -0.15) is 0 Å². The van der Waals surface area contributed by atoms with E-state index in [-0.39, 0.29) is 0 Å². The van der Waals surface area contributed by atoms with Crippen molar-refractivity contribution in [1.29, 1.82) is 0 Å². The largest absolute Gasteiger partial charge is 0.330 e. The average molecular weight is 227 g/mol. The number of thiazole rings is 1. The van der Waals surface area contributed by atoms with Crippen LogP contribution in [0.5, 0.6) is 0 Å². The van der Waals surface area contributed by atoms with E-state index in [0.29, 0.717) is 6.04 Å². The van der Waals surface area contributed by atoms with Gasteiger partial charge in [-0.1, -0.05) is 6.92 Å². The summed E-state index contributed by atoms with van der Waals surface area (Å²) in [6.07, 6.45) is 5.31. The van der Waals surface area contributed by atoms with Crippen LogP contribution in [0.2, 0.25) is 0 Å². The van der Waals surface area contributed by atoms with Gasteiger partial charge in [-0.25, -0.2) is 4.98 Å². The maximum atomic E-state index is 5.44. The van der Waals surface area contributed by atoms with E-state index in [1.807, 2.05) is 6.20 Å². The van der Waals surface area contributed by atoms with Crippen LogP contribution in [0.3, 0.4) is 0 Å². The molecule has 1 aromatic rings. The van der Waals surface area contributed by atoms with Gasteiger partial charge in [0.15, 0.2) is 0 Å². The van der Waals surface area contributed by atoms with Gasteiger partial charge in [-0.15, -0.1) is 11.3 Å². The first-order valence-corrected chi connectivity index (χ1v) is 6.47. The van der Waals surface area contributed by atoms with E-state index < -0.39 is 0 Å². The standard InChI is InChI=1S/C11H21N3S/c1-3-10-8-14-11(15-10)9(2)13-7-5-4-6-12/h8-9,13H,3-7,12H2,1-2H3. The molecule has 0 radical (unpaired) electrons. The van der Waals surface area contributed by atoms with Gasteiger partial charge in [0.05, 0.1) is 6.04 Å². The van der Waals surface area contributed by atoms with E-state index in [2.05, 4.69) is 24.1 Å². The minimum Gasteiger partial charge on any atom is -0.330 e. The highest BCUT2D eigenvalue weighted by molar-refractivity contribution is 7.11. The van der Waals surface area contributed by atoms with Gasteiger partial charge in [0.1, 0.15) is 5.01 Å². The maximum absolute atomic E-state index is 5.44. The van der Waals surface area contributed by atoms with Gasteiger partial charge in [0.2, 0.25) is 0 Å². The van der Waals surface area contributed by atoms with Crippen molar-refractivity contribution in [2.75, 3.05) is 13.1 Å². The second-order valence-corrected chi connectivity index (χ2v) is 4.84. The first-order chi connectivity index (χ1) is 7.27. The normalized spacial score (nSPS) is 13.0. The van der Waals surface area contributed by atoms with Crippen LogP contribution < -0.4 is 11.1 Å². The highest BCUT2D eigenvalue weighted by Crippen LogP contribution is 2.19. The summed E-state index contributed by atoms with van der Waals surface area (Å²) in [6, 6.07) is 0.369. The molecule has 1 unspecified atom stereocenters. The number of aryl methyl sites for hydroxylation is 1. The van der Waals surface area contributed by atoms with Gasteiger partial charge in [0, 0.05) is 11.1 Å². The van der Waals surface area contributed by atoms with E-state index in [0.717, 1.165) is 32.4 Å². The number of nitrogens with one attached hydrogen (secondary N) is 1. The summed E-state index contributed by atoms with van der Waals surface area (Å²) < 4.78 is 0. The molecule has 0 saturated heterocycles. The zero-order valence-electron chi connectivity index (χ0n) is 9.62. The second kappa shape index (κ2) is 6.93. The second-order valence-electron chi connectivity index (χ2n) is 3.69. The molecule has 0 saturated carbocycles. The number of nitrogens with two attached hydrogens (primary N) is 1. The van der Waals surface area contributed by atoms with Crippen LogP contribution in [-0.4, -0.2) is 18.1 Å². The Hall–Kier alpha value is -0.450. The lowest BCUT2D eigenvalue weighted by Crippen LogP contribution is -2.20. The third-order valence-electron chi connectivity index (χ3n) is 2.37. The fourth-order valence-electron chi connectivity index (χ4n) is 1.36. The summed E-state index contributed by atoms with van der Waals surface area (Å²) in [4.78, 5) is 5.78. The summed E-state index contributed by atoms with van der Waals surface area (Å²) >= 11 is 1.81. The van der Waals surface area contributed by atoms with Gasteiger partial charge in [-0.3, -0.25) is 0 Å². The Labute approximate surface area is 96.1 Å². The molecule has 1 atom stereocenters. The topological polar surface area (TPSA) is 50.9 Å². The van der Waals surface area contributed by atoms with Crippen molar-refractivity contribution in [3.63, 3.8) is 0 Å². The summed E-state index contributed by atoms with van der Waals surface area (Å²) in [5, 5.41) is 4.66. The fourth-order valence-corrected chi connectivity index (χ4v) is 2.25. The molecule has 0 aliphatic rings. The number of nitrogens with zero attached hydrogens (tertiary/aromatic N) is 1. The molecule has 0 aliphatic heterocycles. The predicted octanol–water partition coefficient (Wildman–Crippen LogP) is 2.10. The first kappa shape index (κ1) is 12.6. The van der Waals surface area contributed by atoms with Gasteiger partial charge < -0.3 is 11.1 Å². The summed E-state index contributed by atoms with van der Waals surface area (Å²) in [5.74, 6) is 0. The van der Waals surface area contributed by atoms with Gasteiger partial charge in [0.25, 0.3) is 0 Å². The molecular formula is C11H21N3S. The van der Waals surface area contributed by atoms with E-state index in [1.54, 1.807) is 11.3 Å². The van der Waals surface area contributed by atoms with Gasteiger partial charge in [-0.05, 0) is 39.3 Å². The SMILES string of the molecule is CCc1cnc(C(C)NCCCCN)s1. The molecule has 0 bridgehead atoms. The fraction of sp³-hybridized carbons (Fsp3) is 0.727. The van der Waals surface area contributed by atoms with Crippen molar-refractivity contribution in [3.8, 4) is 0 Å². The Morgan fingerprint density at radius 1 is 1.53 bits per heavy atom. The monoisotopic (exact) mass is 227 g/mol. The van der Waals surface area contributed by atoms with Crippen LogP contribution in [0, 0.1) is 0 Å². The van der Waals surface area contributed by atoms with Gasteiger partial charge >= 0.3 is 0 Å². The molecule has 86 valence electrons. The highest BCUT2D eigenvalue weighted by atomic mass is 32.1. The molecule has 3 nitrogen and oxygen atoms in total. The zero-order chi connectivity index (χ0) is 11.1. The maximum Gasteiger partial charge on any atom is 0.109 e. The third-order valence-corrected chi connectivity index (χ3v) is 3.70. The van der Waals surface area contributed by atoms with Crippen LogP contribution in [0.1, 0.15) is 42.6 Å². The Morgan fingerprint density at radius 3 is 2.93 bits per heavy atom. The number of rotatable bonds is 7. The van der Waals surface area contributed by atoms with E-state index >= 15 is 0 Å². The molecule has 4 heteroatoms. The predicted molar refractivity (Wildman–Crippen MR) is 66.2 cm³/mol. The molecule has 1 heterocycles. The van der Waals surface area contributed by atoms with Crippen molar-refractivity contribution >= 4 is 11.3 Å². The molecule has 3 N–H and O–H groups in total. The quantitative estimate of drug-likeness (QED) is 0.701. The first-order valence-electron chi connectivity index (χ1n) is 5.66. The average Bonchev–Trinajstić information content (AvgIpc) is 2.72. The Balaban J connectivity index is 2.29. The molecular weight excluding hydrogens is 206 g/mol. The van der Waals surface area contributed by atoms with E-state index in [1.165, 1.54) is 9.88 Å². The molecule has 0 fully saturated rings. The van der Waals surface area contributed by atoms with Crippen LogP contribution in [-0.2, 0) is 6.42 Å². The van der Waals surface area contributed by atoms with Crippen molar-refractivity contribution in [2.45, 2.75) is 39.2 Å². The number of aromatic nitrogens is 1. The van der Waals surface area contributed by atoms with E-state index in [9.17, 15) is 0 Å². The van der Waals surface area contributed by atoms with Crippen LogP contribution >= 0.6 is 11.3 Å². The van der Waals surface area contributed by atoms with Crippen LogP contribution in [0.4, 0.5) is 0 Å². The van der Waals surface area contributed by atoms with Crippen molar-refractivity contribution < 1.29 is 0 Å². The lowest BCUT2D eigenvalue weighted by Gasteiger charge is -2.10. The Bertz CT molecular complexity index is 273. The lowest BCUT2D eigenvalue weighted by atomic mass is 10.3. The Kier molecular flexibility index (Phi) is 5.83. The molecule has 15 heavy (non-hydrogen) atoms. The molecule has 1 rings (SSSR count). The minimum atomic E-state index is 0.369. The molecule has 0 amide bonds. The third kappa shape index (κ3) is 4.28. The van der Waals surface area contributed by atoms with Crippen molar-refractivity contribution in [1.82, 2.24) is 10.3 Å². The number of hydrogen-bond donors (Lipinski definition) is 2. The summed E-state index contributed by atoms with van der Waals surface area (Å²) in [6.45, 7) is 6.14. The molecule has 0 spiro atoms. The number of hydrogen-bond acceptors (Lipinski definition) is 4. The van der Waals surface area contributed by atoms with E-state index in [4.69, 9.17) is 5.73 Å². The minimum absolute atomic E-state index is 0.369. The van der Waals surface area contributed by atoms with Crippen LogP contribution in [0.15, 0.2) is 6.20 Å². The highest BCUT2D eigenvalue weighted by Gasteiger charge is 2.08. The van der Waals surface area contributed by atoms with Crippen molar-refractivity contribution in [2.24, 2.45) is 5.73 Å². The summed E-state index contributed by atoms with van der Waals surface area (Å²) in [5.41, 5.74) is 5.44. The van der Waals surface area contributed by atoms with Crippen molar-refractivity contribution in [3.05, 3.63) is 16.1 Å². The lowest BCUT2D eigenvalue weighted by molar-refractivity contribution is 0.547. The summed E-state index contributed by atoms with van der Waals surface area (Å²) in [7, 11) is 0. The Morgan fingerprint density at radius 2 is 2.33 bits per heavy atom. The van der Waals surface area contributed by atoms with Crippen LogP contribution in [0.25, 0.3) is 0 Å².